The van der Waals surface area contributed by atoms with E-state index in [-0.39, 0.29) is 10.4 Å². The number of carbonyl (C=O) groups is 1. The maximum absolute atomic E-state index is 12.3. The summed E-state index contributed by atoms with van der Waals surface area (Å²) in [5, 5.41) is 0. The van der Waals surface area contributed by atoms with Crippen LogP contribution < -0.4 is 4.98 Å². The van der Waals surface area contributed by atoms with Crippen molar-refractivity contribution >= 4 is 25.7 Å². The molecule has 0 spiro atoms. The van der Waals surface area contributed by atoms with Crippen molar-refractivity contribution in [1.82, 2.24) is 4.98 Å². The Labute approximate surface area is 122 Å². The molecule has 0 aliphatic carbocycles. The molecule has 19 heavy (non-hydrogen) atoms. The lowest BCUT2D eigenvalue weighted by atomic mass is 10.1. The Hall–Kier alpha value is -0.803. The zero-order valence-electron chi connectivity index (χ0n) is 12.5. The molecular formula is C15H24ClNOSi. The molecule has 1 aromatic carbocycles. The van der Waals surface area contributed by atoms with Gasteiger partial charge in [0, 0.05) is 5.56 Å². The number of nitrogens with one attached hydrogen (secondary N) is 1. The Morgan fingerprint density at radius 1 is 1.32 bits per heavy atom. The Kier molecular flexibility index (Phi) is 5.22. The summed E-state index contributed by atoms with van der Waals surface area (Å²) >= 11 is 6.83. The van der Waals surface area contributed by atoms with Crippen LogP contribution in [0.15, 0.2) is 30.3 Å². The van der Waals surface area contributed by atoms with Gasteiger partial charge in [-0.25, -0.2) is 0 Å². The van der Waals surface area contributed by atoms with Crippen molar-refractivity contribution < 1.29 is 4.79 Å². The second-order valence-corrected chi connectivity index (χ2v) is 11.2. The van der Waals surface area contributed by atoms with Crippen LogP contribution in [0.5, 0.6) is 0 Å². The quantitative estimate of drug-likeness (QED) is 0.640. The van der Waals surface area contributed by atoms with Gasteiger partial charge >= 0.3 is 0 Å². The molecule has 0 saturated heterocycles. The predicted molar refractivity (Wildman–Crippen MR) is 85.1 cm³/mol. The molecule has 1 amide bonds. The van der Waals surface area contributed by atoms with Crippen molar-refractivity contribution in [3.05, 3.63) is 35.9 Å². The van der Waals surface area contributed by atoms with Crippen molar-refractivity contribution in [3.63, 3.8) is 0 Å². The summed E-state index contributed by atoms with van der Waals surface area (Å²) in [5.74, 6) is 0.313. The predicted octanol–water partition coefficient (Wildman–Crippen LogP) is 4.20. The van der Waals surface area contributed by atoms with Crippen LogP contribution in [0, 0.1) is 5.92 Å². The maximum Gasteiger partial charge on any atom is 0.243 e. The molecule has 0 radical (unpaired) electrons. The van der Waals surface area contributed by atoms with Crippen LogP contribution in [0.2, 0.25) is 13.1 Å². The Bertz CT molecular complexity index is 433. The summed E-state index contributed by atoms with van der Waals surface area (Å²) in [5.41, 5.74) is 0.696. The lowest BCUT2D eigenvalue weighted by molar-refractivity contribution is 0.0976. The number of amides is 1. The minimum absolute atomic E-state index is 0.0172. The zero-order valence-corrected chi connectivity index (χ0v) is 14.2. The van der Waals surface area contributed by atoms with E-state index in [0.29, 0.717) is 11.5 Å². The van der Waals surface area contributed by atoms with Crippen molar-refractivity contribution in [2.75, 3.05) is 0 Å². The van der Waals surface area contributed by atoms with E-state index >= 15 is 0 Å². The van der Waals surface area contributed by atoms with Gasteiger partial charge in [0.2, 0.25) is 5.91 Å². The fourth-order valence-corrected chi connectivity index (χ4v) is 6.01. The topological polar surface area (TPSA) is 29.1 Å². The summed E-state index contributed by atoms with van der Waals surface area (Å²) in [4.78, 5) is 15.5. The summed E-state index contributed by atoms with van der Waals surface area (Å²) in [6.45, 7) is 10.6. The summed E-state index contributed by atoms with van der Waals surface area (Å²) < 4.78 is -0.322. The Morgan fingerprint density at radius 3 is 2.26 bits per heavy atom. The fourth-order valence-electron chi connectivity index (χ4n) is 2.62. The number of rotatable bonds is 5. The van der Waals surface area contributed by atoms with Crippen LogP contribution in [0.25, 0.3) is 0 Å². The van der Waals surface area contributed by atoms with Crippen molar-refractivity contribution in [3.8, 4) is 0 Å². The first kappa shape index (κ1) is 16.3. The third kappa shape index (κ3) is 3.40. The van der Waals surface area contributed by atoms with E-state index in [0.717, 1.165) is 6.42 Å². The molecule has 0 saturated carbocycles. The molecule has 1 unspecified atom stereocenters. The third-order valence-corrected chi connectivity index (χ3v) is 9.91. The van der Waals surface area contributed by atoms with Crippen molar-refractivity contribution in [2.45, 2.75) is 44.8 Å². The molecule has 1 rings (SSSR count). The number of carbonyl (C=O) groups excluding carboxylic acids is 1. The van der Waals surface area contributed by atoms with Gasteiger partial charge < -0.3 is 4.98 Å². The first-order valence-corrected chi connectivity index (χ1v) is 10.2. The van der Waals surface area contributed by atoms with Crippen LogP contribution in [-0.2, 0) is 0 Å². The van der Waals surface area contributed by atoms with E-state index < -0.39 is 8.24 Å². The Balaban J connectivity index is 2.94. The first-order valence-electron chi connectivity index (χ1n) is 6.81. The van der Waals surface area contributed by atoms with E-state index in [4.69, 9.17) is 11.6 Å². The number of benzene rings is 1. The molecule has 0 heterocycles. The van der Waals surface area contributed by atoms with Crippen LogP contribution in [0.3, 0.4) is 0 Å². The Morgan fingerprint density at radius 2 is 1.84 bits per heavy atom. The lowest BCUT2D eigenvalue weighted by Gasteiger charge is -2.43. The third-order valence-electron chi connectivity index (χ3n) is 3.93. The van der Waals surface area contributed by atoms with E-state index in [1.165, 1.54) is 0 Å². The van der Waals surface area contributed by atoms with E-state index in [1.807, 2.05) is 30.3 Å². The van der Waals surface area contributed by atoms with Gasteiger partial charge in [0.25, 0.3) is 0 Å². The van der Waals surface area contributed by atoms with Crippen LogP contribution in [0.4, 0.5) is 0 Å². The van der Waals surface area contributed by atoms with Crippen LogP contribution >= 0.6 is 11.6 Å². The summed E-state index contributed by atoms with van der Waals surface area (Å²) in [6, 6.07) is 9.32. The highest BCUT2D eigenvalue weighted by atomic mass is 35.5. The molecule has 106 valence electrons. The molecule has 2 nitrogen and oxygen atoms in total. The van der Waals surface area contributed by atoms with Gasteiger partial charge in [0.15, 0.2) is 8.24 Å². The number of hydrogen-bond donors (Lipinski definition) is 1. The highest BCUT2D eigenvalue weighted by Gasteiger charge is 2.47. The molecule has 1 aromatic rings. The average Bonchev–Trinajstić information content (AvgIpc) is 2.37. The van der Waals surface area contributed by atoms with Gasteiger partial charge in [-0.15, -0.1) is 11.6 Å². The van der Waals surface area contributed by atoms with Gasteiger partial charge in [0.05, 0.1) is 4.50 Å². The minimum atomic E-state index is -2.10. The molecule has 0 bridgehead atoms. The normalized spacial score (nSPS) is 15.1. The molecule has 0 aromatic heterocycles. The number of hydrogen-bond acceptors (Lipinski definition) is 1. The summed E-state index contributed by atoms with van der Waals surface area (Å²) in [6.07, 6.45) is 0.862. The van der Waals surface area contributed by atoms with Crippen LogP contribution in [-0.4, -0.2) is 18.6 Å². The van der Waals surface area contributed by atoms with Crippen molar-refractivity contribution in [1.29, 1.82) is 0 Å². The standard InChI is InChI=1S/C15H24ClNOSi/c1-6-15(16,12(2)3)19(4,5)17-14(18)13-10-8-7-9-11-13/h7-12H,6H2,1-5H3,(H,17,18). The molecule has 1 N–H and O–H groups in total. The molecular weight excluding hydrogens is 274 g/mol. The van der Waals surface area contributed by atoms with E-state index in [9.17, 15) is 4.79 Å². The van der Waals surface area contributed by atoms with E-state index in [2.05, 4.69) is 38.8 Å². The minimum Gasteiger partial charge on any atom is -0.376 e. The van der Waals surface area contributed by atoms with E-state index in [1.54, 1.807) is 0 Å². The van der Waals surface area contributed by atoms with Gasteiger partial charge in [-0.05, 0) is 24.5 Å². The first-order chi connectivity index (χ1) is 8.74. The van der Waals surface area contributed by atoms with Gasteiger partial charge in [-0.1, -0.05) is 52.1 Å². The SMILES string of the molecule is CCC(Cl)(C(C)C)[Si](C)(C)NC(=O)c1ccccc1. The second-order valence-electron chi connectivity index (χ2n) is 5.82. The second kappa shape index (κ2) is 6.10. The highest BCUT2D eigenvalue weighted by molar-refractivity contribution is 6.87. The monoisotopic (exact) mass is 297 g/mol. The number of alkyl halides is 1. The fraction of sp³-hybridized carbons (Fsp3) is 0.533. The van der Waals surface area contributed by atoms with Gasteiger partial charge in [0.1, 0.15) is 0 Å². The lowest BCUT2D eigenvalue weighted by Crippen LogP contribution is -2.64. The smallest absolute Gasteiger partial charge is 0.243 e. The van der Waals surface area contributed by atoms with Gasteiger partial charge in [-0.2, -0.15) is 0 Å². The largest absolute Gasteiger partial charge is 0.376 e. The summed E-state index contributed by atoms with van der Waals surface area (Å²) in [7, 11) is -2.10. The van der Waals surface area contributed by atoms with Crippen molar-refractivity contribution in [2.24, 2.45) is 5.92 Å². The molecule has 0 aliphatic rings. The molecule has 1 atom stereocenters. The number of halogens is 1. The highest BCUT2D eigenvalue weighted by Crippen LogP contribution is 2.37. The zero-order chi connectivity index (χ0) is 14.7. The molecule has 4 heteroatoms. The molecule has 0 aliphatic heterocycles. The van der Waals surface area contributed by atoms with Gasteiger partial charge in [-0.3, -0.25) is 4.79 Å². The van der Waals surface area contributed by atoms with Crippen LogP contribution in [0.1, 0.15) is 37.6 Å². The average molecular weight is 298 g/mol. The maximum atomic E-state index is 12.3. The molecule has 0 fully saturated rings.